The molecule has 0 spiro atoms. The van der Waals surface area contributed by atoms with Crippen molar-refractivity contribution in [2.45, 2.75) is 26.3 Å². The topological polar surface area (TPSA) is 27.1 Å². The molecule has 68 valence electrons. The Kier molecular flexibility index (Phi) is 3.29. The van der Waals surface area contributed by atoms with Gasteiger partial charge in [-0.1, -0.05) is 13.8 Å². The maximum absolute atomic E-state index is 4.97. The maximum Gasteiger partial charge on any atom is 0.0950 e. The van der Waals surface area contributed by atoms with Gasteiger partial charge in [-0.05, 0) is 5.92 Å². The molecule has 0 saturated heterocycles. The van der Waals surface area contributed by atoms with E-state index in [9.17, 15) is 0 Å². The van der Waals surface area contributed by atoms with Gasteiger partial charge in [-0.2, -0.15) is 0 Å². The molecule has 1 aromatic rings. The number of ether oxygens (including phenoxy) is 1. The SMILES string of the molecule is COCCn1cnc(C(C)C)c1. The first-order valence-corrected chi connectivity index (χ1v) is 4.24. The molecule has 0 aromatic carbocycles. The van der Waals surface area contributed by atoms with Crippen molar-refractivity contribution < 1.29 is 4.74 Å². The summed E-state index contributed by atoms with van der Waals surface area (Å²) >= 11 is 0. The molecule has 1 aromatic heterocycles. The van der Waals surface area contributed by atoms with Crippen molar-refractivity contribution in [3.63, 3.8) is 0 Å². The smallest absolute Gasteiger partial charge is 0.0950 e. The molecule has 0 aliphatic carbocycles. The van der Waals surface area contributed by atoms with Gasteiger partial charge in [-0.15, -0.1) is 0 Å². The van der Waals surface area contributed by atoms with E-state index in [-0.39, 0.29) is 0 Å². The third-order valence-electron chi connectivity index (χ3n) is 1.80. The lowest BCUT2D eigenvalue weighted by atomic mass is 10.2. The first-order valence-electron chi connectivity index (χ1n) is 4.24. The largest absolute Gasteiger partial charge is 0.383 e. The fourth-order valence-corrected chi connectivity index (χ4v) is 0.995. The van der Waals surface area contributed by atoms with E-state index < -0.39 is 0 Å². The molecule has 0 radical (unpaired) electrons. The van der Waals surface area contributed by atoms with Gasteiger partial charge in [-0.3, -0.25) is 0 Å². The average molecular weight is 168 g/mol. The Balaban J connectivity index is 2.52. The summed E-state index contributed by atoms with van der Waals surface area (Å²) in [7, 11) is 1.71. The van der Waals surface area contributed by atoms with Crippen molar-refractivity contribution >= 4 is 0 Å². The molecule has 0 saturated carbocycles. The highest BCUT2D eigenvalue weighted by Gasteiger charge is 2.01. The van der Waals surface area contributed by atoms with E-state index >= 15 is 0 Å². The van der Waals surface area contributed by atoms with Gasteiger partial charge in [0.15, 0.2) is 0 Å². The average Bonchev–Trinajstić information content (AvgIpc) is 2.48. The minimum Gasteiger partial charge on any atom is -0.383 e. The molecule has 1 rings (SSSR count). The lowest BCUT2D eigenvalue weighted by Crippen LogP contribution is -2.01. The normalized spacial score (nSPS) is 11.0. The molecule has 0 unspecified atom stereocenters. The molecule has 12 heavy (non-hydrogen) atoms. The molecule has 0 fully saturated rings. The first kappa shape index (κ1) is 9.26. The number of hydrogen-bond donors (Lipinski definition) is 0. The quantitative estimate of drug-likeness (QED) is 0.683. The Morgan fingerprint density at radius 2 is 2.33 bits per heavy atom. The van der Waals surface area contributed by atoms with E-state index in [0.29, 0.717) is 5.92 Å². The van der Waals surface area contributed by atoms with Crippen LogP contribution >= 0.6 is 0 Å². The fraction of sp³-hybridized carbons (Fsp3) is 0.667. The van der Waals surface area contributed by atoms with E-state index in [1.165, 1.54) is 0 Å². The summed E-state index contributed by atoms with van der Waals surface area (Å²) in [5, 5.41) is 0. The van der Waals surface area contributed by atoms with Crippen molar-refractivity contribution in [2.24, 2.45) is 0 Å². The Morgan fingerprint density at radius 1 is 1.58 bits per heavy atom. The van der Waals surface area contributed by atoms with Crippen LogP contribution < -0.4 is 0 Å². The first-order chi connectivity index (χ1) is 5.74. The third-order valence-corrected chi connectivity index (χ3v) is 1.80. The van der Waals surface area contributed by atoms with E-state index in [1.807, 2.05) is 6.33 Å². The molecule has 0 atom stereocenters. The highest BCUT2D eigenvalue weighted by molar-refractivity contribution is 5.01. The zero-order chi connectivity index (χ0) is 8.97. The summed E-state index contributed by atoms with van der Waals surface area (Å²) in [6.07, 6.45) is 3.93. The number of imidazole rings is 1. The molecule has 0 aliphatic heterocycles. The maximum atomic E-state index is 4.97. The monoisotopic (exact) mass is 168 g/mol. The summed E-state index contributed by atoms with van der Waals surface area (Å²) in [6, 6.07) is 0. The standard InChI is InChI=1S/C9H16N2O/c1-8(2)9-6-11(7-10-9)4-5-12-3/h6-8H,4-5H2,1-3H3. The predicted octanol–water partition coefficient (Wildman–Crippen LogP) is 1.65. The van der Waals surface area contributed by atoms with Crippen LogP contribution in [-0.4, -0.2) is 23.3 Å². The molecule has 3 nitrogen and oxygen atoms in total. The summed E-state index contributed by atoms with van der Waals surface area (Å²) in [6.45, 7) is 5.91. The van der Waals surface area contributed by atoms with Gasteiger partial charge in [0.1, 0.15) is 0 Å². The Hall–Kier alpha value is -0.830. The van der Waals surface area contributed by atoms with Crippen LogP contribution in [0, 0.1) is 0 Å². The van der Waals surface area contributed by atoms with Crippen molar-refractivity contribution in [3.8, 4) is 0 Å². The van der Waals surface area contributed by atoms with E-state index in [0.717, 1.165) is 18.8 Å². The van der Waals surface area contributed by atoms with Crippen LogP contribution in [0.4, 0.5) is 0 Å². The van der Waals surface area contributed by atoms with Gasteiger partial charge in [0.05, 0.1) is 18.6 Å². The van der Waals surface area contributed by atoms with Gasteiger partial charge < -0.3 is 9.30 Å². The van der Waals surface area contributed by atoms with E-state index in [1.54, 1.807) is 7.11 Å². The second-order valence-electron chi connectivity index (χ2n) is 3.18. The second-order valence-corrected chi connectivity index (χ2v) is 3.18. The minimum absolute atomic E-state index is 0.508. The van der Waals surface area contributed by atoms with Crippen molar-refractivity contribution in [3.05, 3.63) is 18.2 Å². The number of methoxy groups -OCH3 is 1. The number of nitrogens with zero attached hydrogens (tertiary/aromatic N) is 2. The van der Waals surface area contributed by atoms with Crippen LogP contribution in [0.15, 0.2) is 12.5 Å². The van der Waals surface area contributed by atoms with E-state index in [4.69, 9.17) is 4.74 Å². The molecule has 0 bridgehead atoms. The Labute approximate surface area is 73.4 Å². The summed E-state index contributed by atoms with van der Waals surface area (Å²) in [5.41, 5.74) is 1.14. The Bertz CT molecular complexity index is 230. The van der Waals surface area contributed by atoms with Gasteiger partial charge in [0.25, 0.3) is 0 Å². The predicted molar refractivity (Wildman–Crippen MR) is 48.2 cm³/mol. The molecular weight excluding hydrogens is 152 g/mol. The zero-order valence-electron chi connectivity index (χ0n) is 7.95. The van der Waals surface area contributed by atoms with Crippen molar-refractivity contribution in [1.29, 1.82) is 0 Å². The molecule has 0 N–H and O–H groups in total. The molecule has 1 heterocycles. The molecular formula is C9H16N2O. The molecule has 3 heteroatoms. The fourth-order valence-electron chi connectivity index (χ4n) is 0.995. The highest BCUT2D eigenvalue weighted by Crippen LogP contribution is 2.10. The summed E-state index contributed by atoms with van der Waals surface area (Å²) < 4.78 is 7.02. The van der Waals surface area contributed by atoms with Crippen molar-refractivity contribution in [1.82, 2.24) is 9.55 Å². The van der Waals surface area contributed by atoms with Crippen molar-refractivity contribution in [2.75, 3.05) is 13.7 Å². The number of rotatable bonds is 4. The lowest BCUT2D eigenvalue weighted by Gasteiger charge is -1.99. The third kappa shape index (κ3) is 2.34. The van der Waals surface area contributed by atoms with Gasteiger partial charge in [-0.25, -0.2) is 4.98 Å². The second kappa shape index (κ2) is 4.26. The molecule has 0 aliphatic rings. The highest BCUT2D eigenvalue weighted by atomic mass is 16.5. The summed E-state index contributed by atoms with van der Waals surface area (Å²) in [4.78, 5) is 4.28. The lowest BCUT2D eigenvalue weighted by molar-refractivity contribution is 0.187. The van der Waals surface area contributed by atoms with Gasteiger partial charge in [0.2, 0.25) is 0 Å². The van der Waals surface area contributed by atoms with Gasteiger partial charge >= 0.3 is 0 Å². The number of aromatic nitrogens is 2. The molecule has 0 amide bonds. The van der Waals surface area contributed by atoms with Crippen LogP contribution in [0.3, 0.4) is 0 Å². The Morgan fingerprint density at radius 3 is 2.83 bits per heavy atom. The van der Waals surface area contributed by atoms with Crippen LogP contribution in [-0.2, 0) is 11.3 Å². The van der Waals surface area contributed by atoms with Crippen LogP contribution in [0.1, 0.15) is 25.5 Å². The zero-order valence-corrected chi connectivity index (χ0v) is 7.95. The minimum atomic E-state index is 0.508. The summed E-state index contributed by atoms with van der Waals surface area (Å²) in [5.74, 6) is 0.508. The van der Waals surface area contributed by atoms with Gasteiger partial charge in [0, 0.05) is 19.9 Å². The van der Waals surface area contributed by atoms with Crippen LogP contribution in [0.5, 0.6) is 0 Å². The van der Waals surface area contributed by atoms with Crippen LogP contribution in [0.25, 0.3) is 0 Å². The van der Waals surface area contributed by atoms with Crippen LogP contribution in [0.2, 0.25) is 0 Å². The number of hydrogen-bond acceptors (Lipinski definition) is 2. The van der Waals surface area contributed by atoms with E-state index in [2.05, 4.69) is 29.6 Å².